The van der Waals surface area contributed by atoms with Crippen molar-refractivity contribution < 1.29 is 0 Å². The summed E-state index contributed by atoms with van der Waals surface area (Å²) in [6.45, 7) is 6.29. The third kappa shape index (κ3) is 2.84. The van der Waals surface area contributed by atoms with Crippen molar-refractivity contribution >= 4 is 8.73 Å². The Bertz CT molecular complexity index is 226. The molecule has 1 N–H and O–H groups in total. The number of rotatable bonds is 2. The van der Waals surface area contributed by atoms with Crippen LogP contribution in [0.15, 0.2) is 4.88 Å². The minimum atomic E-state index is 0.459. The van der Waals surface area contributed by atoms with Gasteiger partial charge in [0.1, 0.15) is 0 Å². The van der Waals surface area contributed by atoms with Crippen LogP contribution in [0.5, 0.6) is 0 Å². The summed E-state index contributed by atoms with van der Waals surface area (Å²) in [4.78, 5) is 6.62. The molecule has 1 aliphatic carbocycles. The van der Waals surface area contributed by atoms with E-state index < -0.39 is 0 Å². The zero-order chi connectivity index (χ0) is 11.1. The fraction of sp³-hybridized carbons (Fsp3) is 1.00. The molecule has 0 amide bonds. The average Bonchev–Trinajstić information content (AvgIpc) is 2.90. The summed E-state index contributed by atoms with van der Waals surface area (Å²) < 4.78 is 0. The van der Waals surface area contributed by atoms with Gasteiger partial charge in [0.05, 0.1) is 0 Å². The first-order chi connectivity index (χ1) is 7.37. The van der Waals surface area contributed by atoms with Crippen LogP contribution in [0.4, 0.5) is 0 Å². The molecule has 2 rings (SSSR count). The topological polar surface area (TPSA) is 60.8 Å². The summed E-state index contributed by atoms with van der Waals surface area (Å²) in [7, 11) is 0.459. The Kier molecular flexibility index (Phi) is 5.38. The highest BCUT2D eigenvalue weighted by atomic mass is 31.1. The van der Waals surface area contributed by atoms with E-state index in [0.29, 0.717) is 19.8 Å². The second-order valence-electron chi connectivity index (χ2n) is 4.05. The van der Waals surface area contributed by atoms with Crippen molar-refractivity contribution in [3.63, 3.8) is 0 Å². The SMILES string of the molecule is CC.[N-]=[N+]=NPC1CCCC12CCNC2. The molecule has 4 nitrogen and oxygen atoms in total. The summed E-state index contributed by atoms with van der Waals surface area (Å²) in [5.74, 6) is 0. The molecule has 0 radical (unpaired) electrons. The molecule has 5 heteroatoms. The molecular weight excluding hydrogens is 207 g/mol. The smallest absolute Gasteiger partial charge is 0.00447 e. The van der Waals surface area contributed by atoms with E-state index in [2.05, 4.69) is 15.1 Å². The molecule has 1 aliphatic heterocycles. The maximum absolute atomic E-state index is 8.31. The second kappa shape index (κ2) is 6.32. The Morgan fingerprint density at radius 2 is 2.27 bits per heavy atom. The van der Waals surface area contributed by atoms with Crippen molar-refractivity contribution in [2.45, 2.75) is 45.2 Å². The normalized spacial score (nSPS) is 34.1. The van der Waals surface area contributed by atoms with Gasteiger partial charge in [-0.25, -0.2) is 0 Å². The van der Waals surface area contributed by atoms with E-state index in [1.54, 1.807) is 0 Å². The highest BCUT2D eigenvalue weighted by Crippen LogP contribution is 2.51. The van der Waals surface area contributed by atoms with Gasteiger partial charge in [0.25, 0.3) is 0 Å². The molecule has 1 saturated heterocycles. The van der Waals surface area contributed by atoms with Crippen LogP contribution >= 0.6 is 8.73 Å². The fourth-order valence-corrected chi connectivity index (χ4v) is 3.90. The van der Waals surface area contributed by atoms with Crippen molar-refractivity contribution in [1.29, 1.82) is 0 Å². The Balaban J connectivity index is 0.000000531. The number of nitrogens with zero attached hydrogens (tertiary/aromatic N) is 3. The lowest BCUT2D eigenvalue weighted by atomic mass is 9.85. The zero-order valence-electron chi connectivity index (χ0n) is 9.66. The molecule has 2 fully saturated rings. The summed E-state index contributed by atoms with van der Waals surface area (Å²) in [5.41, 5.74) is 9.47. The van der Waals surface area contributed by atoms with Crippen molar-refractivity contribution in [3.8, 4) is 0 Å². The molecule has 0 bridgehead atoms. The lowest BCUT2D eigenvalue weighted by Gasteiger charge is -2.28. The van der Waals surface area contributed by atoms with Crippen LogP contribution in [0.25, 0.3) is 10.4 Å². The Morgan fingerprint density at radius 3 is 2.87 bits per heavy atom. The Hall–Kier alpha value is -0.300. The summed E-state index contributed by atoms with van der Waals surface area (Å²) in [6.07, 6.45) is 5.20. The van der Waals surface area contributed by atoms with Gasteiger partial charge >= 0.3 is 0 Å². The number of hydrogen-bond acceptors (Lipinski definition) is 2. The zero-order valence-corrected chi connectivity index (χ0v) is 10.7. The minimum absolute atomic E-state index is 0.459. The molecule has 0 aromatic carbocycles. The number of azide groups is 1. The van der Waals surface area contributed by atoms with E-state index in [1.807, 2.05) is 13.8 Å². The van der Waals surface area contributed by atoms with E-state index in [4.69, 9.17) is 5.53 Å². The maximum Gasteiger partial charge on any atom is 0.00447 e. The summed E-state index contributed by atoms with van der Waals surface area (Å²) in [5, 5.41) is 3.43. The van der Waals surface area contributed by atoms with Gasteiger partial charge in [-0.2, -0.15) is 0 Å². The molecule has 86 valence electrons. The average molecular weight is 228 g/mol. The molecule has 2 aliphatic rings. The van der Waals surface area contributed by atoms with Crippen LogP contribution in [0.2, 0.25) is 0 Å². The maximum atomic E-state index is 8.31. The first kappa shape index (κ1) is 12.8. The van der Waals surface area contributed by atoms with E-state index in [-0.39, 0.29) is 0 Å². The molecule has 1 saturated carbocycles. The number of hydrogen-bond donors (Lipinski definition) is 1. The molecule has 0 aromatic heterocycles. The van der Waals surface area contributed by atoms with E-state index in [9.17, 15) is 0 Å². The van der Waals surface area contributed by atoms with Gasteiger partial charge in [-0.15, -0.1) is 0 Å². The van der Waals surface area contributed by atoms with Crippen molar-refractivity contribution in [1.82, 2.24) is 5.32 Å². The van der Waals surface area contributed by atoms with E-state index >= 15 is 0 Å². The van der Waals surface area contributed by atoms with Crippen LogP contribution in [0.1, 0.15) is 39.5 Å². The van der Waals surface area contributed by atoms with Gasteiger partial charge in [-0.05, 0) is 51.1 Å². The van der Waals surface area contributed by atoms with Crippen LogP contribution in [0, 0.1) is 5.41 Å². The summed E-state index contributed by atoms with van der Waals surface area (Å²) >= 11 is 0. The molecule has 3 unspecified atom stereocenters. The molecular formula is C10H21N4P. The Labute approximate surface area is 93.7 Å². The van der Waals surface area contributed by atoms with Crippen molar-refractivity contribution in [2.75, 3.05) is 13.1 Å². The van der Waals surface area contributed by atoms with E-state index in [1.165, 1.54) is 25.7 Å². The highest BCUT2D eigenvalue weighted by Gasteiger charge is 2.44. The van der Waals surface area contributed by atoms with Crippen LogP contribution in [-0.2, 0) is 0 Å². The van der Waals surface area contributed by atoms with Crippen LogP contribution in [0.3, 0.4) is 0 Å². The lowest BCUT2D eigenvalue weighted by Crippen LogP contribution is -2.29. The first-order valence-electron chi connectivity index (χ1n) is 5.88. The molecule has 3 atom stereocenters. The monoisotopic (exact) mass is 228 g/mol. The Morgan fingerprint density at radius 1 is 1.47 bits per heavy atom. The molecule has 1 heterocycles. The van der Waals surface area contributed by atoms with Gasteiger partial charge < -0.3 is 5.32 Å². The quantitative estimate of drug-likeness (QED) is 0.334. The largest absolute Gasteiger partial charge is 0.316 e. The molecule has 15 heavy (non-hydrogen) atoms. The van der Waals surface area contributed by atoms with Gasteiger partial charge in [0.2, 0.25) is 0 Å². The van der Waals surface area contributed by atoms with Gasteiger partial charge in [-0.1, -0.05) is 25.2 Å². The highest BCUT2D eigenvalue weighted by molar-refractivity contribution is 7.37. The summed E-state index contributed by atoms with van der Waals surface area (Å²) in [6, 6.07) is 0. The lowest BCUT2D eigenvalue weighted by molar-refractivity contribution is 0.344. The van der Waals surface area contributed by atoms with Crippen molar-refractivity contribution in [2.24, 2.45) is 10.3 Å². The van der Waals surface area contributed by atoms with Crippen LogP contribution < -0.4 is 5.32 Å². The predicted molar refractivity (Wildman–Crippen MR) is 66.4 cm³/mol. The number of nitrogens with one attached hydrogen (secondary N) is 1. The van der Waals surface area contributed by atoms with E-state index in [0.717, 1.165) is 13.1 Å². The first-order valence-corrected chi connectivity index (χ1v) is 6.90. The van der Waals surface area contributed by atoms with Crippen molar-refractivity contribution in [3.05, 3.63) is 10.4 Å². The third-order valence-corrected chi connectivity index (χ3v) is 4.86. The molecule has 0 aromatic rings. The van der Waals surface area contributed by atoms with Crippen LogP contribution in [-0.4, -0.2) is 18.7 Å². The minimum Gasteiger partial charge on any atom is -0.316 e. The van der Waals surface area contributed by atoms with Gasteiger partial charge in [-0.3, -0.25) is 0 Å². The van der Waals surface area contributed by atoms with Gasteiger partial charge in [0, 0.05) is 11.5 Å². The molecule has 1 spiro atoms. The standard InChI is InChI=1S/C8H15N4P.C2H6/c9-11-12-13-7-2-1-3-8(7)4-5-10-6-8;1-2/h7,10,13H,1-6H2;1-2H3. The third-order valence-electron chi connectivity index (χ3n) is 3.44. The fourth-order valence-electron chi connectivity index (χ4n) is 2.71. The second-order valence-corrected chi connectivity index (χ2v) is 5.21. The predicted octanol–water partition coefficient (Wildman–Crippen LogP) is 3.45. The van der Waals surface area contributed by atoms with Gasteiger partial charge in [0.15, 0.2) is 0 Å².